The number of nitrogens with zero attached hydrogens (tertiary/aromatic N) is 3. The molecule has 2 heterocycles. The zero-order valence-corrected chi connectivity index (χ0v) is 13.4. The third-order valence-corrected chi connectivity index (χ3v) is 4.18. The Morgan fingerprint density at radius 2 is 2.29 bits per heavy atom. The van der Waals surface area contributed by atoms with Crippen molar-refractivity contribution in [2.45, 2.75) is 51.9 Å². The molecule has 0 aliphatic carbocycles. The quantitative estimate of drug-likeness (QED) is 0.843. The fourth-order valence-corrected chi connectivity index (χ4v) is 2.74. The first kappa shape index (κ1) is 16.0. The van der Waals surface area contributed by atoms with Crippen molar-refractivity contribution in [3.8, 4) is 0 Å². The van der Waals surface area contributed by atoms with Crippen LogP contribution in [0, 0.1) is 6.92 Å². The molecule has 0 bridgehead atoms. The van der Waals surface area contributed by atoms with Gasteiger partial charge in [0, 0.05) is 51.6 Å². The van der Waals surface area contributed by atoms with Crippen molar-refractivity contribution in [3.05, 3.63) is 18.2 Å². The Hall–Kier alpha value is -1.40. The second-order valence-electron chi connectivity index (χ2n) is 5.91. The van der Waals surface area contributed by atoms with Crippen LogP contribution in [0.1, 0.15) is 26.1 Å². The number of carbonyl (C=O) groups is 1. The van der Waals surface area contributed by atoms with Crippen molar-refractivity contribution in [1.82, 2.24) is 19.8 Å². The third-order valence-electron chi connectivity index (χ3n) is 4.18. The molecule has 1 aromatic rings. The maximum Gasteiger partial charge on any atom is 0.222 e. The molecule has 1 fully saturated rings. The lowest BCUT2D eigenvalue weighted by atomic mass is 10.2. The van der Waals surface area contributed by atoms with Crippen LogP contribution >= 0.6 is 0 Å². The Morgan fingerprint density at radius 1 is 1.52 bits per heavy atom. The molecule has 1 saturated heterocycles. The monoisotopic (exact) mass is 294 g/mol. The molecule has 1 aliphatic rings. The smallest absolute Gasteiger partial charge is 0.222 e. The van der Waals surface area contributed by atoms with Crippen LogP contribution in [0.2, 0.25) is 0 Å². The van der Waals surface area contributed by atoms with Gasteiger partial charge in [-0.3, -0.25) is 9.69 Å². The molecule has 0 saturated carbocycles. The topological polar surface area (TPSA) is 59.4 Å². The lowest BCUT2D eigenvalue weighted by Gasteiger charge is -2.20. The maximum absolute atomic E-state index is 12.1. The number of imidazole rings is 1. The Balaban J connectivity index is 1.83. The van der Waals surface area contributed by atoms with E-state index in [1.165, 1.54) is 0 Å². The van der Waals surface area contributed by atoms with Gasteiger partial charge < -0.3 is 14.6 Å². The highest BCUT2D eigenvalue weighted by molar-refractivity contribution is 5.76. The second kappa shape index (κ2) is 7.04. The number of aromatic nitrogens is 2. The Bertz CT molecular complexity index is 472. The molecule has 0 radical (unpaired) electrons. The number of ether oxygens (including phenoxy) is 1. The minimum atomic E-state index is 0.0701. The highest BCUT2D eigenvalue weighted by Gasteiger charge is 2.34. The van der Waals surface area contributed by atoms with Gasteiger partial charge in [-0.25, -0.2) is 4.98 Å². The van der Waals surface area contributed by atoms with Gasteiger partial charge in [-0.1, -0.05) is 0 Å². The number of carbonyl (C=O) groups excluding carboxylic acids is 1. The van der Waals surface area contributed by atoms with Gasteiger partial charge in [0.05, 0.1) is 12.1 Å². The average molecular weight is 294 g/mol. The van der Waals surface area contributed by atoms with Gasteiger partial charge in [-0.2, -0.15) is 0 Å². The minimum Gasteiger partial charge on any atom is -0.378 e. The van der Waals surface area contributed by atoms with Crippen molar-refractivity contribution in [1.29, 1.82) is 0 Å². The summed E-state index contributed by atoms with van der Waals surface area (Å²) in [5.41, 5.74) is 0. The summed E-state index contributed by atoms with van der Waals surface area (Å²) in [5, 5.41) is 3.11. The lowest BCUT2D eigenvalue weighted by molar-refractivity contribution is -0.122. The van der Waals surface area contributed by atoms with E-state index in [9.17, 15) is 4.79 Å². The predicted molar refractivity (Wildman–Crippen MR) is 81.0 cm³/mol. The summed E-state index contributed by atoms with van der Waals surface area (Å²) in [7, 11) is 1.71. The summed E-state index contributed by atoms with van der Waals surface area (Å²) in [4.78, 5) is 18.6. The Kier molecular flexibility index (Phi) is 5.36. The SMILES string of the molecule is CO[C@@H]1CN(C(C)C)C[C@H]1NC(=O)CCn1ccnc1C. The van der Waals surface area contributed by atoms with Crippen molar-refractivity contribution in [2.75, 3.05) is 20.2 Å². The summed E-state index contributed by atoms with van der Waals surface area (Å²) in [6.45, 7) is 8.66. The first-order chi connectivity index (χ1) is 10.0. The summed E-state index contributed by atoms with van der Waals surface area (Å²) in [6.07, 6.45) is 4.19. The van der Waals surface area contributed by atoms with Gasteiger partial charge in [0.1, 0.15) is 5.82 Å². The molecule has 0 unspecified atom stereocenters. The van der Waals surface area contributed by atoms with Crippen molar-refractivity contribution in [3.63, 3.8) is 0 Å². The van der Waals surface area contributed by atoms with Crippen LogP contribution in [0.5, 0.6) is 0 Å². The van der Waals surface area contributed by atoms with Crippen molar-refractivity contribution in [2.24, 2.45) is 0 Å². The summed E-state index contributed by atoms with van der Waals surface area (Å²) in [5.74, 6) is 1.00. The third kappa shape index (κ3) is 4.04. The number of nitrogens with one attached hydrogen (secondary N) is 1. The fourth-order valence-electron chi connectivity index (χ4n) is 2.74. The Morgan fingerprint density at radius 3 is 2.86 bits per heavy atom. The molecule has 1 N–H and O–H groups in total. The number of hydrogen-bond donors (Lipinski definition) is 1. The zero-order chi connectivity index (χ0) is 15.4. The van der Waals surface area contributed by atoms with E-state index in [0.29, 0.717) is 19.0 Å². The number of hydrogen-bond acceptors (Lipinski definition) is 4. The molecule has 118 valence electrons. The highest BCUT2D eigenvalue weighted by Crippen LogP contribution is 2.16. The molecule has 0 aromatic carbocycles. The number of rotatable bonds is 6. The van der Waals surface area contributed by atoms with E-state index in [4.69, 9.17) is 4.74 Å². The molecule has 0 spiro atoms. The molecule has 1 aromatic heterocycles. The average Bonchev–Trinajstić information content (AvgIpc) is 3.02. The molecule has 6 heteroatoms. The van der Waals surface area contributed by atoms with Gasteiger partial charge in [-0.05, 0) is 20.8 Å². The van der Waals surface area contributed by atoms with E-state index in [1.54, 1.807) is 13.3 Å². The van der Waals surface area contributed by atoms with E-state index in [-0.39, 0.29) is 18.1 Å². The first-order valence-electron chi connectivity index (χ1n) is 7.55. The Labute approximate surface area is 126 Å². The van der Waals surface area contributed by atoms with Crippen LogP contribution in [0.3, 0.4) is 0 Å². The van der Waals surface area contributed by atoms with Crippen LogP contribution in [-0.4, -0.2) is 58.7 Å². The normalized spacial score (nSPS) is 22.9. The molecule has 21 heavy (non-hydrogen) atoms. The second-order valence-corrected chi connectivity index (χ2v) is 5.91. The molecule has 2 atom stereocenters. The molecule has 1 amide bonds. The molecule has 2 rings (SSSR count). The molecule has 6 nitrogen and oxygen atoms in total. The lowest BCUT2D eigenvalue weighted by Crippen LogP contribution is -2.44. The summed E-state index contributed by atoms with van der Waals surface area (Å²) >= 11 is 0. The molecular weight excluding hydrogens is 268 g/mol. The fraction of sp³-hybridized carbons (Fsp3) is 0.733. The van der Waals surface area contributed by atoms with Gasteiger partial charge >= 0.3 is 0 Å². The predicted octanol–water partition coefficient (Wildman–Crippen LogP) is 0.805. The van der Waals surface area contributed by atoms with E-state index in [1.807, 2.05) is 17.7 Å². The van der Waals surface area contributed by atoms with Crippen molar-refractivity contribution < 1.29 is 9.53 Å². The highest BCUT2D eigenvalue weighted by atomic mass is 16.5. The van der Waals surface area contributed by atoms with Gasteiger partial charge in [0.25, 0.3) is 0 Å². The molecule has 1 aliphatic heterocycles. The summed E-state index contributed by atoms with van der Waals surface area (Å²) in [6, 6.07) is 0.548. The van der Waals surface area contributed by atoms with Crippen LogP contribution in [0.25, 0.3) is 0 Å². The first-order valence-corrected chi connectivity index (χ1v) is 7.55. The number of likely N-dealkylation sites (tertiary alicyclic amines) is 1. The standard InChI is InChI=1S/C15H26N4O2/c1-11(2)19-9-13(14(10-19)21-4)17-15(20)5-7-18-8-6-16-12(18)3/h6,8,11,13-14H,5,7,9-10H2,1-4H3,(H,17,20)/t13-,14-/m1/s1. The zero-order valence-electron chi connectivity index (χ0n) is 13.4. The number of methoxy groups -OCH3 is 1. The maximum atomic E-state index is 12.1. The summed E-state index contributed by atoms with van der Waals surface area (Å²) < 4.78 is 7.49. The van der Waals surface area contributed by atoms with E-state index >= 15 is 0 Å². The van der Waals surface area contributed by atoms with Crippen molar-refractivity contribution >= 4 is 5.91 Å². The number of amides is 1. The number of aryl methyl sites for hydroxylation is 2. The van der Waals surface area contributed by atoms with E-state index in [0.717, 1.165) is 18.9 Å². The van der Waals surface area contributed by atoms with Crippen LogP contribution in [-0.2, 0) is 16.1 Å². The minimum absolute atomic E-state index is 0.0701. The van der Waals surface area contributed by atoms with Gasteiger partial charge in [0.2, 0.25) is 5.91 Å². The van der Waals surface area contributed by atoms with E-state index < -0.39 is 0 Å². The van der Waals surface area contributed by atoms with Crippen LogP contribution in [0.4, 0.5) is 0 Å². The molecular formula is C15H26N4O2. The van der Waals surface area contributed by atoms with Gasteiger partial charge in [0.15, 0.2) is 0 Å². The van der Waals surface area contributed by atoms with Crippen LogP contribution < -0.4 is 5.32 Å². The van der Waals surface area contributed by atoms with Crippen LogP contribution in [0.15, 0.2) is 12.4 Å². The largest absolute Gasteiger partial charge is 0.378 e. The van der Waals surface area contributed by atoms with Gasteiger partial charge in [-0.15, -0.1) is 0 Å². The van der Waals surface area contributed by atoms with E-state index in [2.05, 4.69) is 29.0 Å².